The molecule has 0 aliphatic carbocycles. The highest BCUT2D eigenvalue weighted by Gasteiger charge is 2.30. The van der Waals surface area contributed by atoms with Gasteiger partial charge < -0.3 is 19.2 Å². The summed E-state index contributed by atoms with van der Waals surface area (Å²) in [5.74, 6) is 0.353. The van der Waals surface area contributed by atoms with Crippen molar-refractivity contribution in [2.24, 2.45) is 5.92 Å². The van der Waals surface area contributed by atoms with Gasteiger partial charge in [0.15, 0.2) is 0 Å². The van der Waals surface area contributed by atoms with Gasteiger partial charge in [0.05, 0.1) is 19.1 Å². The van der Waals surface area contributed by atoms with Gasteiger partial charge in [0, 0.05) is 43.7 Å². The molecule has 156 valence electrons. The SMILES string of the molecule is CCc1cc2c(CN3CCC[C@H](C(=O)N4CCOCC4)C3)cc(=O)oc2cc1O. The van der Waals surface area contributed by atoms with Crippen LogP contribution in [-0.4, -0.2) is 60.2 Å². The largest absolute Gasteiger partial charge is 0.508 e. The first-order valence-corrected chi connectivity index (χ1v) is 10.4. The van der Waals surface area contributed by atoms with E-state index in [0.717, 1.165) is 35.9 Å². The molecule has 2 aromatic rings. The van der Waals surface area contributed by atoms with Crippen LogP contribution in [0.1, 0.15) is 30.9 Å². The Hall–Kier alpha value is -2.38. The van der Waals surface area contributed by atoms with E-state index in [2.05, 4.69) is 4.90 Å². The molecule has 0 unspecified atom stereocenters. The molecule has 1 aromatic carbocycles. The number of likely N-dealkylation sites (tertiary alicyclic amines) is 1. The zero-order chi connectivity index (χ0) is 20.4. The van der Waals surface area contributed by atoms with Crippen molar-refractivity contribution in [3.8, 4) is 5.75 Å². The zero-order valence-electron chi connectivity index (χ0n) is 16.9. The van der Waals surface area contributed by atoms with Gasteiger partial charge >= 0.3 is 5.63 Å². The van der Waals surface area contributed by atoms with Crippen LogP contribution < -0.4 is 5.63 Å². The lowest BCUT2D eigenvalue weighted by atomic mass is 9.95. The molecule has 29 heavy (non-hydrogen) atoms. The molecular formula is C22H28N2O5. The fraction of sp³-hybridized carbons (Fsp3) is 0.545. The first-order valence-electron chi connectivity index (χ1n) is 10.4. The molecule has 7 heteroatoms. The molecule has 0 saturated carbocycles. The maximum Gasteiger partial charge on any atom is 0.336 e. The molecule has 4 rings (SSSR count). The Labute approximate surface area is 169 Å². The van der Waals surface area contributed by atoms with Crippen molar-refractivity contribution < 1.29 is 19.1 Å². The van der Waals surface area contributed by atoms with Gasteiger partial charge in [-0.3, -0.25) is 9.69 Å². The number of amides is 1. The number of hydrogen-bond donors (Lipinski definition) is 1. The fourth-order valence-corrected chi connectivity index (χ4v) is 4.40. The summed E-state index contributed by atoms with van der Waals surface area (Å²) in [6, 6.07) is 4.97. The summed E-state index contributed by atoms with van der Waals surface area (Å²) in [5.41, 5.74) is 1.69. The van der Waals surface area contributed by atoms with Gasteiger partial charge in [-0.05, 0) is 43.0 Å². The van der Waals surface area contributed by atoms with Crippen molar-refractivity contribution >= 4 is 16.9 Å². The summed E-state index contributed by atoms with van der Waals surface area (Å²) in [7, 11) is 0. The van der Waals surface area contributed by atoms with Gasteiger partial charge in [-0.1, -0.05) is 6.92 Å². The minimum atomic E-state index is -0.422. The zero-order valence-corrected chi connectivity index (χ0v) is 16.9. The van der Waals surface area contributed by atoms with Crippen LogP contribution in [0.3, 0.4) is 0 Å². The van der Waals surface area contributed by atoms with Crippen LogP contribution >= 0.6 is 0 Å². The van der Waals surface area contributed by atoms with E-state index >= 15 is 0 Å². The number of fused-ring (bicyclic) bond motifs is 1. The molecule has 2 fully saturated rings. The number of ether oxygens (including phenoxy) is 1. The van der Waals surface area contributed by atoms with Crippen LogP contribution in [-0.2, 0) is 22.5 Å². The molecule has 0 bridgehead atoms. The highest BCUT2D eigenvalue weighted by atomic mass is 16.5. The smallest absolute Gasteiger partial charge is 0.336 e. The first-order chi connectivity index (χ1) is 14.0. The maximum absolute atomic E-state index is 12.9. The van der Waals surface area contributed by atoms with Crippen LogP contribution in [0.2, 0.25) is 0 Å². The van der Waals surface area contributed by atoms with Gasteiger partial charge in [0.25, 0.3) is 0 Å². The average molecular weight is 400 g/mol. The lowest BCUT2D eigenvalue weighted by molar-refractivity contribution is -0.141. The summed E-state index contributed by atoms with van der Waals surface area (Å²) in [6.45, 7) is 6.71. The number of phenols is 1. The first kappa shape index (κ1) is 19.9. The molecule has 2 aliphatic rings. The number of hydrogen-bond acceptors (Lipinski definition) is 6. The molecule has 1 N–H and O–H groups in total. The van der Waals surface area contributed by atoms with Crippen LogP contribution in [0.5, 0.6) is 5.75 Å². The molecule has 0 spiro atoms. The number of morpholine rings is 1. The highest BCUT2D eigenvalue weighted by Crippen LogP contribution is 2.28. The van der Waals surface area contributed by atoms with Crippen molar-refractivity contribution in [1.82, 2.24) is 9.80 Å². The lowest BCUT2D eigenvalue weighted by Crippen LogP contribution is -2.48. The minimum Gasteiger partial charge on any atom is -0.508 e. The quantitative estimate of drug-likeness (QED) is 0.792. The van der Waals surface area contributed by atoms with Gasteiger partial charge in [-0.2, -0.15) is 0 Å². The molecule has 2 saturated heterocycles. The number of carbonyl (C=O) groups is 1. The number of carbonyl (C=O) groups excluding carboxylic acids is 1. The molecule has 1 atom stereocenters. The second kappa shape index (κ2) is 8.55. The summed E-state index contributed by atoms with van der Waals surface area (Å²) in [4.78, 5) is 29.1. The Morgan fingerprint density at radius 2 is 1.97 bits per heavy atom. The number of aromatic hydroxyl groups is 1. The Morgan fingerprint density at radius 3 is 2.72 bits per heavy atom. The predicted octanol–water partition coefficient (Wildman–Crippen LogP) is 2.13. The minimum absolute atomic E-state index is 0.0107. The van der Waals surface area contributed by atoms with E-state index in [0.29, 0.717) is 51.4 Å². The molecule has 7 nitrogen and oxygen atoms in total. The third kappa shape index (κ3) is 4.31. The van der Waals surface area contributed by atoms with E-state index in [1.807, 2.05) is 17.9 Å². The number of nitrogens with zero attached hydrogens (tertiary/aromatic N) is 2. The van der Waals surface area contributed by atoms with Crippen LogP contribution in [0.15, 0.2) is 27.4 Å². The average Bonchev–Trinajstić information content (AvgIpc) is 2.73. The van der Waals surface area contributed by atoms with Gasteiger partial charge in [0.2, 0.25) is 5.91 Å². The lowest BCUT2D eigenvalue weighted by Gasteiger charge is -2.36. The Morgan fingerprint density at radius 1 is 1.17 bits per heavy atom. The Kier molecular flexibility index (Phi) is 5.87. The van der Waals surface area contributed by atoms with Gasteiger partial charge in [-0.25, -0.2) is 4.79 Å². The third-order valence-electron chi connectivity index (χ3n) is 5.98. The normalized spacial score (nSPS) is 20.9. The summed E-state index contributed by atoms with van der Waals surface area (Å²) in [6.07, 6.45) is 2.56. The van der Waals surface area contributed by atoms with Crippen molar-refractivity contribution in [3.05, 3.63) is 39.7 Å². The van der Waals surface area contributed by atoms with Crippen molar-refractivity contribution in [2.75, 3.05) is 39.4 Å². The van der Waals surface area contributed by atoms with E-state index in [1.165, 1.54) is 12.1 Å². The van der Waals surface area contributed by atoms with E-state index in [1.54, 1.807) is 0 Å². The standard InChI is InChI=1S/C22H28N2O5/c1-2-15-10-18-17(11-21(26)29-20(18)12-19(15)25)14-23-5-3-4-16(13-23)22(27)24-6-8-28-9-7-24/h10-12,16,25H,2-9,13-14H2,1H3/t16-/m0/s1. The van der Waals surface area contributed by atoms with E-state index < -0.39 is 5.63 Å². The van der Waals surface area contributed by atoms with E-state index in [-0.39, 0.29) is 17.6 Å². The number of rotatable bonds is 4. The number of benzene rings is 1. The van der Waals surface area contributed by atoms with Crippen molar-refractivity contribution in [3.63, 3.8) is 0 Å². The molecule has 0 radical (unpaired) electrons. The van der Waals surface area contributed by atoms with Gasteiger partial charge in [-0.15, -0.1) is 0 Å². The van der Waals surface area contributed by atoms with Gasteiger partial charge in [0.1, 0.15) is 11.3 Å². The molecule has 1 aromatic heterocycles. The number of aryl methyl sites for hydroxylation is 1. The molecule has 2 aliphatic heterocycles. The Bertz CT molecular complexity index is 948. The van der Waals surface area contributed by atoms with Crippen LogP contribution in [0.25, 0.3) is 11.0 Å². The third-order valence-corrected chi connectivity index (χ3v) is 5.98. The molecular weight excluding hydrogens is 372 g/mol. The fourth-order valence-electron chi connectivity index (χ4n) is 4.40. The predicted molar refractivity (Wildman–Crippen MR) is 109 cm³/mol. The number of piperidine rings is 1. The van der Waals surface area contributed by atoms with Crippen molar-refractivity contribution in [2.45, 2.75) is 32.7 Å². The topological polar surface area (TPSA) is 83.2 Å². The Balaban J connectivity index is 1.54. The summed E-state index contributed by atoms with van der Waals surface area (Å²) in [5, 5.41) is 11.0. The second-order valence-corrected chi connectivity index (χ2v) is 7.93. The van der Waals surface area contributed by atoms with E-state index in [9.17, 15) is 14.7 Å². The van der Waals surface area contributed by atoms with E-state index in [4.69, 9.17) is 9.15 Å². The highest BCUT2D eigenvalue weighted by molar-refractivity contribution is 5.83. The van der Waals surface area contributed by atoms with Crippen LogP contribution in [0.4, 0.5) is 0 Å². The molecule has 1 amide bonds. The summed E-state index contributed by atoms with van der Waals surface area (Å²) < 4.78 is 10.7. The van der Waals surface area contributed by atoms with Crippen LogP contribution in [0, 0.1) is 5.92 Å². The molecule has 3 heterocycles. The summed E-state index contributed by atoms with van der Waals surface area (Å²) >= 11 is 0. The van der Waals surface area contributed by atoms with Crippen molar-refractivity contribution in [1.29, 1.82) is 0 Å². The number of phenolic OH excluding ortho intramolecular Hbond substituents is 1. The maximum atomic E-state index is 12.9. The monoisotopic (exact) mass is 400 g/mol. The second-order valence-electron chi connectivity index (χ2n) is 7.93.